The summed E-state index contributed by atoms with van der Waals surface area (Å²) in [7, 11) is 4.45. The van der Waals surface area contributed by atoms with Crippen molar-refractivity contribution in [2.45, 2.75) is 45.4 Å². The Balaban J connectivity index is 1.21. The number of nitrogens with zero attached hydrogens (tertiary/aromatic N) is 4. The van der Waals surface area contributed by atoms with Gasteiger partial charge in [-0.2, -0.15) is 0 Å². The van der Waals surface area contributed by atoms with Crippen molar-refractivity contribution >= 4 is 28.1 Å². The number of benzene rings is 2. The third-order valence-corrected chi connectivity index (χ3v) is 8.18. The molecular weight excluding hydrogens is 460 g/mol. The molecule has 0 radical (unpaired) electrons. The number of aryl methyl sites for hydroxylation is 1. The average molecular weight is 497 g/mol. The number of carbonyl (C=O) groups excluding carboxylic acids is 1. The van der Waals surface area contributed by atoms with Crippen LogP contribution in [0.4, 0.5) is 11.4 Å². The predicted octanol–water partition coefficient (Wildman–Crippen LogP) is 5.29. The fourth-order valence-corrected chi connectivity index (χ4v) is 6.11. The number of allylic oxidation sites excluding steroid dienone is 2. The summed E-state index contributed by atoms with van der Waals surface area (Å²) in [4.78, 5) is 19.2. The molecule has 6 heteroatoms. The van der Waals surface area contributed by atoms with E-state index < -0.39 is 0 Å². The Morgan fingerprint density at radius 3 is 2.59 bits per heavy atom. The molecule has 0 atom stereocenters. The molecule has 3 aromatic rings. The predicted molar refractivity (Wildman–Crippen MR) is 149 cm³/mol. The summed E-state index contributed by atoms with van der Waals surface area (Å²) in [5, 5.41) is 1.38. The number of piperidine rings is 1. The Hall–Kier alpha value is -3.35. The fraction of sp³-hybridized carbons (Fsp3) is 0.387. The van der Waals surface area contributed by atoms with E-state index in [9.17, 15) is 4.79 Å². The van der Waals surface area contributed by atoms with Crippen molar-refractivity contribution in [3.8, 4) is 0 Å². The summed E-state index contributed by atoms with van der Waals surface area (Å²) in [5.74, 6) is 0.549. The lowest BCUT2D eigenvalue weighted by Gasteiger charge is -2.39. The number of aromatic nitrogens is 1. The van der Waals surface area contributed by atoms with Crippen LogP contribution in [0.15, 0.2) is 66.6 Å². The molecule has 6 rings (SSSR count). The van der Waals surface area contributed by atoms with Crippen molar-refractivity contribution in [3.63, 3.8) is 0 Å². The number of fused-ring (bicyclic) bond motifs is 5. The van der Waals surface area contributed by atoms with E-state index in [-0.39, 0.29) is 5.78 Å². The number of likely N-dealkylation sites (tertiary alicyclic amines) is 1. The first-order valence-corrected chi connectivity index (χ1v) is 13.4. The van der Waals surface area contributed by atoms with Gasteiger partial charge in [-0.15, -0.1) is 0 Å². The van der Waals surface area contributed by atoms with Crippen LogP contribution in [-0.2, 0) is 36.2 Å². The summed E-state index contributed by atoms with van der Waals surface area (Å²) in [6.45, 7) is 6.59. The summed E-state index contributed by atoms with van der Waals surface area (Å²) in [6, 6.07) is 15.3. The van der Waals surface area contributed by atoms with Gasteiger partial charge in [0.2, 0.25) is 0 Å². The molecule has 0 aliphatic carbocycles. The van der Waals surface area contributed by atoms with E-state index in [1.165, 1.54) is 59.5 Å². The van der Waals surface area contributed by atoms with Gasteiger partial charge in [0.1, 0.15) is 12.4 Å². The normalized spacial score (nSPS) is 18.9. The summed E-state index contributed by atoms with van der Waals surface area (Å²) >= 11 is 0. The number of carbonyl (C=O) groups is 1. The lowest BCUT2D eigenvalue weighted by Crippen LogP contribution is -2.45. The van der Waals surface area contributed by atoms with Crippen LogP contribution in [0.25, 0.3) is 10.9 Å². The Morgan fingerprint density at radius 2 is 1.84 bits per heavy atom. The Bertz CT molecular complexity index is 1380. The van der Waals surface area contributed by atoms with Crippen LogP contribution in [-0.4, -0.2) is 52.9 Å². The van der Waals surface area contributed by atoms with Crippen molar-refractivity contribution in [2.24, 2.45) is 7.05 Å². The molecule has 4 heterocycles. The van der Waals surface area contributed by atoms with Crippen LogP contribution < -0.4 is 4.90 Å². The third-order valence-electron chi connectivity index (χ3n) is 8.18. The highest BCUT2D eigenvalue weighted by atomic mass is 16.5. The minimum atomic E-state index is -0.0253. The lowest BCUT2D eigenvalue weighted by atomic mass is 9.98. The number of hydrogen-bond acceptors (Lipinski definition) is 5. The zero-order valence-electron chi connectivity index (χ0n) is 22.1. The number of hydrogen-bond donors (Lipinski definition) is 0. The highest BCUT2D eigenvalue weighted by Gasteiger charge is 2.35. The van der Waals surface area contributed by atoms with E-state index >= 15 is 0 Å². The zero-order valence-corrected chi connectivity index (χ0v) is 22.1. The molecule has 1 saturated heterocycles. The topological polar surface area (TPSA) is 40.7 Å². The fourth-order valence-electron chi connectivity index (χ4n) is 6.11. The molecule has 0 saturated carbocycles. The maximum atomic E-state index is 11.8. The molecule has 2 aromatic carbocycles. The molecule has 192 valence electrons. The van der Waals surface area contributed by atoms with Gasteiger partial charge in [-0.05, 0) is 63.2 Å². The SMILES string of the molecule is CC(=O)/C=C(\C=C/N1c2ccc3c4c(n(C)c3c21)CCN(C1CCN(C)CC1)C4)OCc1ccccc1. The van der Waals surface area contributed by atoms with Gasteiger partial charge in [0.15, 0.2) is 5.78 Å². The Kier molecular flexibility index (Phi) is 6.39. The van der Waals surface area contributed by atoms with Crippen LogP contribution in [0.1, 0.15) is 36.6 Å². The highest BCUT2D eigenvalue weighted by Crippen LogP contribution is 2.54. The second kappa shape index (κ2) is 9.84. The molecule has 1 aromatic heterocycles. The first-order chi connectivity index (χ1) is 18.0. The zero-order chi connectivity index (χ0) is 25.5. The first-order valence-electron chi connectivity index (χ1n) is 13.4. The van der Waals surface area contributed by atoms with Crippen molar-refractivity contribution < 1.29 is 9.53 Å². The van der Waals surface area contributed by atoms with Crippen molar-refractivity contribution in [1.82, 2.24) is 14.4 Å². The smallest absolute Gasteiger partial charge is 0.156 e. The van der Waals surface area contributed by atoms with Crippen LogP contribution in [0.5, 0.6) is 0 Å². The van der Waals surface area contributed by atoms with E-state index in [2.05, 4.69) is 45.5 Å². The van der Waals surface area contributed by atoms with Crippen LogP contribution >= 0.6 is 0 Å². The molecule has 0 unspecified atom stereocenters. The van der Waals surface area contributed by atoms with E-state index in [1.807, 2.05) is 42.6 Å². The second-order valence-corrected chi connectivity index (χ2v) is 10.7. The standard InChI is InChI=1S/C31H36N4O2/c1-22(36)19-25(37-21-23-7-5-4-6-8-23)13-18-35-29-10-9-26-27-20-34(24-11-15-32(2)16-12-24)17-14-28(27)33(3)30(26)31(29)35/h4-10,13,18-19,24H,11-12,14-17,20-21H2,1-3H3/b18-13-,25-19+. The number of ketones is 1. The average Bonchev–Trinajstić information content (AvgIpc) is 3.55. The van der Waals surface area contributed by atoms with Gasteiger partial charge in [-0.3, -0.25) is 9.69 Å². The van der Waals surface area contributed by atoms with Gasteiger partial charge in [0, 0.05) is 56.0 Å². The Labute approximate surface area is 219 Å². The van der Waals surface area contributed by atoms with Gasteiger partial charge < -0.3 is 19.1 Å². The van der Waals surface area contributed by atoms with E-state index in [1.54, 1.807) is 13.0 Å². The maximum absolute atomic E-state index is 11.8. The van der Waals surface area contributed by atoms with Crippen molar-refractivity contribution in [3.05, 3.63) is 83.4 Å². The van der Waals surface area contributed by atoms with Gasteiger partial charge in [-0.25, -0.2) is 0 Å². The molecule has 0 amide bonds. The minimum Gasteiger partial charge on any atom is -0.489 e. The molecule has 0 N–H and O–H groups in total. The minimum absolute atomic E-state index is 0.0253. The van der Waals surface area contributed by atoms with Gasteiger partial charge >= 0.3 is 0 Å². The van der Waals surface area contributed by atoms with Gasteiger partial charge in [0.25, 0.3) is 0 Å². The van der Waals surface area contributed by atoms with E-state index in [0.717, 1.165) is 25.1 Å². The second-order valence-electron chi connectivity index (χ2n) is 10.7. The molecule has 0 spiro atoms. The molecule has 1 fully saturated rings. The monoisotopic (exact) mass is 496 g/mol. The van der Waals surface area contributed by atoms with Crippen molar-refractivity contribution in [2.75, 3.05) is 31.6 Å². The number of rotatable bonds is 7. The number of anilines is 2. The quantitative estimate of drug-likeness (QED) is 0.193. The maximum Gasteiger partial charge on any atom is 0.156 e. The van der Waals surface area contributed by atoms with E-state index in [4.69, 9.17) is 4.74 Å². The van der Waals surface area contributed by atoms with Crippen LogP contribution in [0.3, 0.4) is 0 Å². The van der Waals surface area contributed by atoms with Crippen LogP contribution in [0, 0.1) is 0 Å². The van der Waals surface area contributed by atoms with Gasteiger partial charge in [0.05, 0.1) is 16.9 Å². The molecule has 3 aliphatic rings. The van der Waals surface area contributed by atoms with Gasteiger partial charge in [-0.1, -0.05) is 36.4 Å². The molecule has 6 nitrogen and oxygen atoms in total. The Morgan fingerprint density at radius 1 is 1.05 bits per heavy atom. The number of ether oxygens (including phenoxy) is 1. The largest absolute Gasteiger partial charge is 0.489 e. The summed E-state index contributed by atoms with van der Waals surface area (Å²) < 4.78 is 8.40. The van der Waals surface area contributed by atoms with Crippen LogP contribution in [0.2, 0.25) is 0 Å². The van der Waals surface area contributed by atoms with Crippen molar-refractivity contribution in [1.29, 1.82) is 0 Å². The van der Waals surface area contributed by atoms with E-state index in [0.29, 0.717) is 18.4 Å². The highest BCUT2D eigenvalue weighted by molar-refractivity contribution is 6.13. The first kappa shape index (κ1) is 24.0. The molecule has 0 bridgehead atoms. The molecule has 3 aliphatic heterocycles. The lowest BCUT2D eigenvalue weighted by molar-refractivity contribution is -0.112. The molecular formula is C31H36N4O2. The molecule has 37 heavy (non-hydrogen) atoms. The summed E-state index contributed by atoms with van der Waals surface area (Å²) in [5.41, 5.74) is 7.86. The summed E-state index contributed by atoms with van der Waals surface area (Å²) in [6.07, 6.45) is 9.14. The third kappa shape index (κ3) is 4.72.